The molecule has 0 radical (unpaired) electrons. The molecule has 96 valence electrons. The molecule has 0 aromatic heterocycles. The normalized spacial score (nSPS) is 15.3. The summed E-state index contributed by atoms with van der Waals surface area (Å²) in [5.41, 5.74) is 7.19. The molecule has 1 aliphatic rings. The zero-order valence-electron chi connectivity index (χ0n) is 9.68. The van der Waals surface area contributed by atoms with Crippen LogP contribution in [0, 0.1) is 0 Å². The van der Waals surface area contributed by atoms with Gasteiger partial charge in [-0.15, -0.1) is 0 Å². The lowest BCUT2D eigenvalue weighted by molar-refractivity contribution is -0.137. The van der Waals surface area contributed by atoms with Crippen molar-refractivity contribution in [3.63, 3.8) is 0 Å². The van der Waals surface area contributed by atoms with Gasteiger partial charge in [0.25, 0.3) is 5.91 Å². The van der Waals surface area contributed by atoms with Crippen LogP contribution in [0.1, 0.15) is 24.4 Å². The highest BCUT2D eigenvalue weighted by molar-refractivity contribution is 5.96. The number of benzene rings is 1. The molecule has 0 spiro atoms. The van der Waals surface area contributed by atoms with E-state index in [0.717, 1.165) is 0 Å². The van der Waals surface area contributed by atoms with Gasteiger partial charge in [0.2, 0.25) is 0 Å². The summed E-state index contributed by atoms with van der Waals surface area (Å²) in [5.74, 6) is -0.561. The summed E-state index contributed by atoms with van der Waals surface area (Å²) in [7, 11) is 0. The molecule has 6 nitrogen and oxygen atoms in total. The lowest BCUT2D eigenvalue weighted by Crippen LogP contribution is -2.27. The van der Waals surface area contributed by atoms with Gasteiger partial charge in [-0.05, 0) is 18.1 Å². The molecule has 0 saturated carbocycles. The molecule has 1 unspecified atom stereocenters. The van der Waals surface area contributed by atoms with Crippen LogP contribution in [0.3, 0.4) is 0 Å². The van der Waals surface area contributed by atoms with Crippen LogP contribution in [-0.4, -0.2) is 23.6 Å². The van der Waals surface area contributed by atoms with Gasteiger partial charge >= 0.3 is 5.97 Å². The van der Waals surface area contributed by atoms with Crippen molar-refractivity contribution in [1.29, 1.82) is 0 Å². The highest BCUT2D eigenvalue weighted by Crippen LogP contribution is 2.35. The third-order valence-corrected chi connectivity index (χ3v) is 2.75. The van der Waals surface area contributed by atoms with E-state index >= 15 is 0 Å². The average molecular weight is 250 g/mol. The molecule has 1 amide bonds. The minimum atomic E-state index is -0.893. The van der Waals surface area contributed by atoms with Crippen molar-refractivity contribution in [3.05, 3.63) is 23.8 Å². The number of carboxylic acids is 1. The molecular formula is C12H14N2O4. The SMILES string of the molecule is NC(CCC(=O)O)c1cccc2c1NC(=O)CO2. The number of carbonyl (C=O) groups is 2. The summed E-state index contributed by atoms with van der Waals surface area (Å²) in [5, 5.41) is 11.3. The van der Waals surface area contributed by atoms with Crippen LogP contribution >= 0.6 is 0 Å². The minimum Gasteiger partial charge on any atom is -0.482 e. The number of hydrogen-bond acceptors (Lipinski definition) is 4. The molecule has 1 heterocycles. The summed E-state index contributed by atoms with van der Waals surface area (Å²) in [6, 6.07) is 4.83. The zero-order chi connectivity index (χ0) is 13.1. The zero-order valence-corrected chi connectivity index (χ0v) is 9.68. The van der Waals surface area contributed by atoms with E-state index in [1.54, 1.807) is 18.2 Å². The number of carboxylic acid groups (broad SMARTS) is 1. The van der Waals surface area contributed by atoms with Crippen LogP contribution in [0.25, 0.3) is 0 Å². The van der Waals surface area contributed by atoms with Gasteiger partial charge in [0, 0.05) is 12.5 Å². The molecule has 0 aliphatic carbocycles. The summed E-state index contributed by atoms with van der Waals surface area (Å²) in [6.45, 7) is -0.0131. The van der Waals surface area contributed by atoms with Crippen molar-refractivity contribution < 1.29 is 19.4 Å². The highest BCUT2D eigenvalue weighted by Gasteiger charge is 2.21. The molecule has 0 fully saturated rings. The van der Waals surface area contributed by atoms with E-state index in [0.29, 0.717) is 23.4 Å². The first-order chi connectivity index (χ1) is 8.58. The fourth-order valence-corrected chi connectivity index (χ4v) is 1.86. The molecule has 1 atom stereocenters. The van der Waals surface area contributed by atoms with Crippen molar-refractivity contribution in [2.24, 2.45) is 5.73 Å². The van der Waals surface area contributed by atoms with Crippen LogP contribution in [0.15, 0.2) is 18.2 Å². The Kier molecular flexibility index (Phi) is 3.47. The van der Waals surface area contributed by atoms with Gasteiger partial charge in [0.1, 0.15) is 5.75 Å². The molecule has 6 heteroatoms. The summed E-state index contributed by atoms with van der Waals surface area (Å²) in [6.07, 6.45) is 0.293. The lowest BCUT2D eigenvalue weighted by Gasteiger charge is -2.23. The standard InChI is InChI=1S/C12H14N2O4/c13-8(4-5-11(16)17)7-2-1-3-9-12(7)14-10(15)6-18-9/h1-3,8H,4-6,13H2,(H,14,15)(H,16,17). The van der Waals surface area contributed by atoms with Gasteiger partial charge in [0.05, 0.1) is 5.69 Å². The van der Waals surface area contributed by atoms with Gasteiger partial charge in [-0.3, -0.25) is 9.59 Å². The number of amides is 1. The van der Waals surface area contributed by atoms with Gasteiger partial charge < -0.3 is 20.9 Å². The van der Waals surface area contributed by atoms with E-state index in [9.17, 15) is 9.59 Å². The Hall–Kier alpha value is -2.08. The predicted octanol–water partition coefficient (Wildman–Crippen LogP) is 0.882. The largest absolute Gasteiger partial charge is 0.482 e. The molecule has 1 aliphatic heterocycles. The molecular weight excluding hydrogens is 236 g/mol. The molecule has 4 N–H and O–H groups in total. The summed E-state index contributed by atoms with van der Waals surface area (Å²) < 4.78 is 5.27. The second kappa shape index (κ2) is 5.05. The third-order valence-electron chi connectivity index (χ3n) is 2.75. The number of anilines is 1. The number of hydrogen-bond donors (Lipinski definition) is 3. The van der Waals surface area contributed by atoms with Gasteiger partial charge in [-0.1, -0.05) is 12.1 Å². The van der Waals surface area contributed by atoms with Crippen molar-refractivity contribution >= 4 is 17.6 Å². The van der Waals surface area contributed by atoms with Crippen molar-refractivity contribution in [2.75, 3.05) is 11.9 Å². The van der Waals surface area contributed by atoms with Gasteiger partial charge in [-0.2, -0.15) is 0 Å². The smallest absolute Gasteiger partial charge is 0.303 e. The van der Waals surface area contributed by atoms with Crippen molar-refractivity contribution in [1.82, 2.24) is 0 Å². The number of nitrogens with two attached hydrogens (primary N) is 1. The molecule has 2 rings (SSSR count). The topological polar surface area (TPSA) is 102 Å². The number of ether oxygens (including phenoxy) is 1. The van der Waals surface area contributed by atoms with E-state index in [1.165, 1.54) is 0 Å². The fraction of sp³-hybridized carbons (Fsp3) is 0.333. The molecule has 18 heavy (non-hydrogen) atoms. The first-order valence-electron chi connectivity index (χ1n) is 5.61. The van der Waals surface area contributed by atoms with Crippen LogP contribution in [0.4, 0.5) is 5.69 Å². The maximum atomic E-state index is 11.3. The Morgan fingerprint density at radius 3 is 3.06 bits per heavy atom. The van der Waals surface area contributed by atoms with Crippen LogP contribution in [0.2, 0.25) is 0 Å². The third kappa shape index (κ3) is 2.60. The maximum absolute atomic E-state index is 11.3. The Labute approximate surface area is 104 Å². The van der Waals surface area contributed by atoms with Crippen LogP contribution in [-0.2, 0) is 9.59 Å². The number of para-hydroxylation sites is 1. The van der Waals surface area contributed by atoms with E-state index < -0.39 is 12.0 Å². The molecule has 1 aromatic carbocycles. The lowest BCUT2D eigenvalue weighted by atomic mass is 10.00. The first-order valence-corrected chi connectivity index (χ1v) is 5.61. The number of nitrogens with one attached hydrogen (secondary N) is 1. The van der Waals surface area contributed by atoms with E-state index in [1.807, 2.05) is 0 Å². The van der Waals surface area contributed by atoms with Gasteiger partial charge in [-0.25, -0.2) is 0 Å². The number of fused-ring (bicyclic) bond motifs is 1. The number of aliphatic carboxylic acids is 1. The average Bonchev–Trinajstić information content (AvgIpc) is 2.35. The molecule has 0 saturated heterocycles. The Morgan fingerprint density at radius 2 is 2.33 bits per heavy atom. The quantitative estimate of drug-likeness (QED) is 0.736. The number of carbonyl (C=O) groups excluding carboxylic acids is 1. The van der Waals surface area contributed by atoms with E-state index in [2.05, 4.69) is 5.32 Å². The van der Waals surface area contributed by atoms with Gasteiger partial charge in [0.15, 0.2) is 6.61 Å². The Morgan fingerprint density at radius 1 is 1.56 bits per heavy atom. The maximum Gasteiger partial charge on any atom is 0.303 e. The second-order valence-electron chi connectivity index (χ2n) is 4.10. The predicted molar refractivity (Wildman–Crippen MR) is 64.4 cm³/mol. The van der Waals surface area contributed by atoms with Crippen molar-refractivity contribution in [3.8, 4) is 5.75 Å². The summed E-state index contributed by atoms with van der Waals surface area (Å²) >= 11 is 0. The first kappa shape index (κ1) is 12.4. The fourth-order valence-electron chi connectivity index (χ4n) is 1.86. The number of rotatable bonds is 4. The van der Waals surface area contributed by atoms with E-state index in [-0.39, 0.29) is 18.9 Å². The summed E-state index contributed by atoms with van der Waals surface area (Å²) in [4.78, 5) is 21.8. The second-order valence-corrected chi connectivity index (χ2v) is 4.10. The van der Waals surface area contributed by atoms with E-state index in [4.69, 9.17) is 15.6 Å². The Balaban J connectivity index is 2.22. The molecule has 1 aromatic rings. The Bertz CT molecular complexity index is 487. The monoisotopic (exact) mass is 250 g/mol. The van der Waals surface area contributed by atoms with Crippen molar-refractivity contribution in [2.45, 2.75) is 18.9 Å². The van der Waals surface area contributed by atoms with Crippen LogP contribution < -0.4 is 15.8 Å². The van der Waals surface area contributed by atoms with Crippen LogP contribution in [0.5, 0.6) is 5.75 Å². The highest BCUT2D eigenvalue weighted by atomic mass is 16.5. The molecule has 0 bridgehead atoms. The minimum absolute atomic E-state index is 0.0131.